The van der Waals surface area contributed by atoms with E-state index in [0.29, 0.717) is 5.69 Å². The molecule has 0 aliphatic rings. The fourth-order valence-electron chi connectivity index (χ4n) is 3.33. The van der Waals surface area contributed by atoms with Crippen molar-refractivity contribution in [2.45, 2.75) is 0 Å². The van der Waals surface area contributed by atoms with Crippen LogP contribution >= 0.6 is 0 Å². The van der Waals surface area contributed by atoms with Crippen molar-refractivity contribution < 1.29 is 0 Å². The van der Waals surface area contributed by atoms with Crippen molar-refractivity contribution >= 4 is 27.6 Å². The Morgan fingerprint density at radius 2 is 1.81 bits per heavy atom. The molecule has 26 heavy (non-hydrogen) atoms. The maximum absolute atomic E-state index is 7.28. The van der Waals surface area contributed by atoms with Gasteiger partial charge in [0.05, 0.1) is 17.8 Å². The Labute approximate surface area is 149 Å². The van der Waals surface area contributed by atoms with Gasteiger partial charge in [-0.2, -0.15) is 5.10 Å². The van der Waals surface area contributed by atoms with Crippen molar-refractivity contribution in [2.75, 3.05) is 0 Å². The van der Waals surface area contributed by atoms with Crippen molar-refractivity contribution in [3.05, 3.63) is 84.3 Å². The van der Waals surface area contributed by atoms with Gasteiger partial charge < -0.3 is 0 Å². The van der Waals surface area contributed by atoms with Crippen LogP contribution < -0.4 is 0 Å². The molecule has 0 spiro atoms. The molecule has 122 valence electrons. The number of nitrogens with one attached hydrogen (secondary N) is 1. The Bertz CT molecular complexity index is 1290. The summed E-state index contributed by atoms with van der Waals surface area (Å²) in [4.78, 5) is 8.12. The second-order valence-electron chi connectivity index (χ2n) is 6.03. The highest BCUT2D eigenvalue weighted by atomic mass is 15.2. The van der Waals surface area contributed by atoms with Crippen molar-refractivity contribution in [2.24, 2.45) is 0 Å². The highest BCUT2D eigenvalue weighted by Crippen LogP contribution is 2.33. The van der Waals surface area contributed by atoms with E-state index in [-0.39, 0.29) is 0 Å². The van der Waals surface area contributed by atoms with Gasteiger partial charge in [0, 0.05) is 17.6 Å². The lowest BCUT2D eigenvalue weighted by atomic mass is 10.1. The number of H-pyrrole nitrogens is 1. The maximum atomic E-state index is 7.28. The van der Waals surface area contributed by atoms with Crippen LogP contribution in [0, 0.1) is 6.57 Å². The predicted molar refractivity (Wildman–Crippen MR) is 102 cm³/mol. The van der Waals surface area contributed by atoms with Crippen LogP contribution in [0.15, 0.2) is 72.9 Å². The van der Waals surface area contributed by atoms with Crippen molar-refractivity contribution in [3.63, 3.8) is 0 Å². The molecular weight excluding hydrogens is 322 g/mol. The zero-order valence-corrected chi connectivity index (χ0v) is 13.7. The summed E-state index contributed by atoms with van der Waals surface area (Å²) in [7, 11) is 0. The average Bonchev–Trinajstić information content (AvgIpc) is 3.31. The number of nitrogens with zero attached hydrogens (tertiary/aromatic N) is 4. The first kappa shape index (κ1) is 14.4. The van der Waals surface area contributed by atoms with Crippen LogP contribution in [0.4, 0.5) is 5.69 Å². The summed E-state index contributed by atoms with van der Waals surface area (Å²) in [6.07, 6.45) is 1.78. The van der Waals surface area contributed by atoms with E-state index in [1.54, 1.807) is 6.20 Å². The fraction of sp³-hybridized carbons (Fsp3) is 0. The number of aromatic amines is 1. The van der Waals surface area contributed by atoms with E-state index in [0.717, 1.165) is 39.0 Å². The van der Waals surface area contributed by atoms with Gasteiger partial charge >= 0.3 is 0 Å². The van der Waals surface area contributed by atoms with Crippen LogP contribution in [-0.2, 0) is 0 Å². The lowest BCUT2D eigenvalue weighted by molar-refractivity contribution is 0.999. The third-order valence-electron chi connectivity index (χ3n) is 4.52. The van der Waals surface area contributed by atoms with Gasteiger partial charge in [-0.15, -0.1) is 0 Å². The van der Waals surface area contributed by atoms with E-state index >= 15 is 0 Å². The van der Waals surface area contributed by atoms with Crippen LogP contribution in [0.25, 0.3) is 43.9 Å². The second-order valence-corrected chi connectivity index (χ2v) is 6.03. The molecule has 5 rings (SSSR count). The fourth-order valence-corrected chi connectivity index (χ4v) is 3.33. The summed E-state index contributed by atoms with van der Waals surface area (Å²) in [6, 6.07) is 21.7. The number of hydrogen-bond donors (Lipinski definition) is 1. The highest BCUT2D eigenvalue weighted by molar-refractivity contribution is 6.08. The molecule has 0 aliphatic heterocycles. The number of rotatable bonds is 2. The minimum Gasteiger partial charge on any atom is -0.276 e. The third-order valence-corrected chi connectivity index (χ3v) is 4.52. The number of hydrogen-bond acceptors (Lipinski definition) is 2. The van der Waals surface area contributed by atoms with Gasteiger partial charge in [-0.3, -0.25) is 9.67 Å². The number of aromatic nitrogens is 4. The van der Waals surface area contributed by atoms with Crippen LogP contribution in [0.2, 0.25) is 0 Å². The molecule has 0 aliphatic carbocycles. The minimum absolute atomic E-state index is 0.618. The predicted octanol–water partition coefficient (Wildman–Crippen LogP) is 5.12. The number of fused-ring (bicyclic) bond motifs is 3. The molecule has 0 saturated carbocycles. The van der Waals surface area contributed by atoms with Crippen molar-refractivity contribution in [1.82, 2.24) is 19.7 Å². The Kier molecular flexibility index (Phi) is 3.09. The molecule has 0 bridgehead atoms. The highest BCUT2D eigenvalue weighted by Gasteiger charge is 2.15. The van der Waals surface area contributed by atoms with Gasteiger partial charge in [-0.1, -0.05) is 36.4 Å². The Morgan fingerprint density at radius 1 is 0.923 bits per heavy atom. The second kappa shape index (κ2) is 5.57. The van der Waals surface area contributed by atoms with E-state index in [2.05, 4.69) is 20.0 Å². The SMILES string of the molecule is [C-]#[N+]c1ccc2c(c1)c1cccnc1n2-c1cc(-c2ccccc2)[nH]n1. The van der Waals surface area contributed by atoms with Gasteiger partial charge in [0.25, 0.3) is 0 Å². The van der Waals surface area contributed by atoms with Gasteiger partial charge in [0.15, 0.2) is 11.5 Å². The smallest absolute Gasteiger partial charge is 0.188 e. The summed E-state index contributed by atoms with van der Waals surface area (Å²) in [6.45, 7) is 7.28. The monoisotopic (exact) mass is 335 g/mol. The van der Waals surface area contributed by atoms with E-state index in [1.807, 2.05) is 71.3 Å². The molecular formula is C21H13N5. The van der Waals surface area contributed by atoms with Crippen LogP contribution in [-0.4, -0.2) is 19.7 Å². The molecule has 2 aromatic carbocycles. The molecule has 0 unspecified atom stereocenters. The first-order valence-corrected chi connectivity index (χ1v) is 8.23. The van der Waals surface area contributed by atoms with E-state index in [9.17, 15) is 0 Å². The third kappa shape index (κ3) is 2.10. The summed E-state index contributed by atoms with van der Waals surface area (Å²) >= 11 is 0. The lowest BCUT2D eigenvalue weighted by Gasteiger charge is -2.02. The summed E-state index contributed by atoms with van der Waals surface area (Å²) in [5.41, 5.74) is 4.46. The molecule has 1 N–H and O–H groups in total. The molecule has 0 fully saturated rings. The molecule has 5 nitrogen and oxygen atoms in total. The van der Waals surface area contributed by atoms with Gasteiger partial charge in [0.2, 0.25) is 0 Å². The standard InChI is InChI=1S/C21H13N5/c1-22-15-9-10-19-17(12-15)16-8-5-11-23-21(16)26(19)20-13-18(24-25-20)14-6-3-2-4-7-14/h2-13H,(H,24,25). The zero-order valence-electron chi connectivity index (χ0n) is 13.7. The van der Waals surface area contributed by atoms with Gasteiger partial charge in [-0.05, 0) is 35.2 Å². The molecule has 0 radical (unpaired) electrons. The summed E-state index contributed by atoms with van der Waals surface area (Å²) < 4.78 is 2.03. The summed E-state index contributed by atoms with van der Waals surface area (Å²) in [5.74, 6) is 0.776. The largest absolute Gasteiger partial charge is 0.276 e. The minimum atomic E-state index is 0.618. The van der Waals surface area contributed by atoms with E-state index in [4.69, 9.17) is 6.57 Å². The normalized spacial score (nSPS) is 11.0. The maximum Gasteiger partial charge on any atom is 0.188 e. The van der Waals surface area contributed by atoms with Gasteiger partial charge in [0.1, 0.15) is 5.65 Å². The topological polar surface area (TPSA) is 50.9 Å². The molecule has 0 atom stereocenters. The van der Waals surface area contributed by atoms with E-state index < -0.39 is 0 Å². The zero-order chi connectivity index (χ0) is 17.5. The van der Waals surface area contributed by atoms with Crippen LogP contribution in [0.5, 0.6) is 0 Å². The molecule has 5 heteroatoms. The van der Waals surface area contributed by atoms with Crippen LogP contribution in [0.3, 0.4) is 0 Å². The first-order valence-electron chi connectivity index (χ1n) is 8.23. The molecule has 0 saturated heterocycles. The molecule has 5 aromatic rings. The molecule has 3 heterocycles. The number of benzene rings is 2. The lowest BCUT2D eigenvalue weighted by Crippen LogP contribution is -1.95. The Morgan fingerprint density at radius 3 is 2.65 bits per heavy atom. The first-order chi connectivity index (χ1) is 12.8. The van der Waals surface area contributed by atoms with Crippen molar-refractivity contribution in [3.8, 4) is 17.1 Å². The molecule has 3 aromatic heterocycles. The molecule has 0 amide bonds. The Balaban J connectivity index is 1.79. The number of pyridine rings is 1. The summed E-state index contributed by atoms with van der Waals surface area (Å²) in [5, 5.41) is 9.65. The van der Waals surface area contributed by atoms with Gasteiger partial charge in [-0.25, -0.2) is 9.83 Å². The average molecular weight is 335 g/mol. The van der Waals surface area contributed by atoms with Crippen LogP contribution in [0.1, 0.15) is 0 Å². The quantitative estimate of drug-likeness (QED) is 0.455. The van der Waals surface area contributed by atoms with E-state index in [1.165, 1.54) is 0 Å². The van der Waals surface area contributed by atoms with Crippen molar-refractivity contribution in [1.29, 1.82) is 0 Å². The Hall–Kier alpha value is -3.91.